The molecule has 0 saturated heterocycles. The van der Waals surface area contributed by atoms with Crippen LogP contribution in [0.5, 0.6) is 0 Å². The molecule has 0 aliphatic rings. The van der Waals surface area contributed by atoms with E-state index in [0.29, 0.717) is 13.3 Å². The van der Waals surface area contributed by atoms with Crippen molar-refractivity contribution in [1.29, 1.82) is 0 Å². The van der Waals surface area contributed by atoms with Crippen LogP contribution < -0.4 is 5.32 Å². The fraction of sp³-hybridized carbons (Fsp3) is 0.812. The monoisotopic (exact) mass is 284 g/mol. The second-order valence-electron chi connectivity index (χ2n) is 5.31. The predicted molar refractivity (Wildman–Crippen MR) is 84.5 cm³/mol. The van der Waals surface area contributed by atoms with Crippen molar-refractivity contribution in [2.45, 2.75) is 58.3 Å². The second kappa shape index (κ2) is 14.5. The Kier molecular flexibility index (Phi) is 13.9. The van der Waals surface area contributed by atoms with Gasteiger partial charge in [-0.05, 0) is 38.9 Å². The summed E-state index contributed by atoms with van der Waals surface area (Å²) in [5.74, 6) is -0.00527. The van der Waals surface area contributed by atoms with E-state index in [2.05, 4.69) is 17.1 Å². The highest BCUT2D eigenvalue weighted by atomic mass is 16.2. The van der Waals surface area contributed by atoms with Crippen LogP contribution in [-0.4, -0.2) is 42.8 Å². The Morgan fingerprint density at radius 1 is 1.15 bits per heavy atom. The van der Waals surface area contributed by atoms with E-state index < -0.39 is 0 Å². The van der Waals surface area contributed by atoms with Crippen molar-refractivity contribution in [3.63, 3.8) is 0 Å². The zero-order valence-electron chi connectivity index (χ0n) is 13.2. The molecule has 0 aromatic carbocycles. The number of allylic oxidation sites excluding steroid dienone is 1. The molecule has 118 valence electrons. The van der Waals surface area contributed by atoms with Crippen LogP contribution in [0.15, 0.2) is 12.2 Å². The van der Waals surface area contributed by atoms with Crippen molar-refractivity contribution in [2.75, 3.05) is 26.9 Å². The number of hydrogen-bond acceptors (Lipinski definition) is 3. The SMILES string of the molecule is CCC/C=C/C(=O)NCN(C)CCCCCCCCO. The van der Waals surface area contributed by atoms with Gasteiger partial charge >= 0.3 is 0 Å². The van der Waals surface area contributed by atoms with Gasteiger partial charge in [-0.1, -0.05) is 45.1 Å². The Labute approximate surface area is 124 Å². The van der Waals surface area contributed by atoms with Crippen molar-refractivity contribution in [2.24, 2.45) is 0 Å². The minimum atomic E-state index is -0.00527. The number of rotatable bonds is 13. The first-order valence-corrected chi connectivity index (χ1v) is 7.94. The highest BCUT2D eigenvalue weighted by Crippen LogP contribution is 2.05. The van der Waals surface area contributed by atoms with E-state index in [1.54, 1.807) is 6.08 Å². The van der Waals surface area contributed by atoms with Gasteiger partial charge in [0.05, 0.1) is 6.67 Å². The fourth-order valence-corrected chi connectivity index (χ4v) is 1.91. The summed E-state index contributed by atoms with van der Waals surface area (Å²) >= 11 is 0. The third kappa shape index (κ3) is 13.6. The molecule has 0 heterocycles. The lowest BCUT2D eigenvalue weighted by atomic mass is 10.1. The van der Waals surface area contributed by atoms with E-state index >= 15 is 0 Å². The van der Waals surface area contributed by atoms with E-state index in [1.165, 1.54) is 19.3 Å². The van der Waals surface area contributed by atoms with Gasteiger partial charge in [-0.25, -0.2) is 0 Å². The largest absolute Gasteiger partial charge is 0.396 e. The summed E-state index contributed by atoms with van der Waals surface area (Å²) in [6, 6.07) is 0. The lowest BCUT2D eigenvalue weighted by Gasteiger charge is -2.16. The molecule has 2 N–H and O–H groups in total. The van der Waals surface area contributed by atoms with E-state index in [1.807, 2.05) is 13.1 Å². The molecule has 0 unspecified atom stereocenters. The Hall–Kier alpha value is -0.870. The summed E-state index contributed by atoms with van der Waals surface area (Å²) in [6.07, 6.45) is 12.5. The standard InChI is InChI=1S/C16H32N2O2/c1-3-4-9-12-16(20)17-15-18(2)13-10-7-5-6-8-11-14-19/h9,12,19H,3-8,10-11,13-15H2,1-2H3,(H,17,20)/b12-9+. The van der Waals surface area contributed by atoms with Crippen LogP contribution in [0.25, 0.3) is 0 Å². The smallest absolute Gasteiger partial charge is 0.244 e. The molecular weight excluding hydrogens is 252 g/mol. The highest BCUT2D eigenvalue weighted by Gasteiger charge is 2.00. The maximum absolute atomic E-state index is 11.5. The maximum atomic E-state index is 11.5. The average molecular weight is 284 g/mol. The molecule has 0 bridgehead atoms. The van der Waals surface area contributed by atoms with Gasteiger partial charge in [-0.15, -0.1) is 0 Å². The third-order valence-electron chi connectivity index (χ3n) is 3.20. The molecule has 0 radical (unpaired) electrons. The molecule has 0 rings (SSSR count). The number of aliphatic hydroxyl groups is 1. The van der Waals surface area contributed by atoms with Gasteiger partial charge in [-0.2, -0.15) is 0 Å². The normalized spacial score (nSPS) is 11.4. The molecule has 1 amide bonds. The molecule has 0 fully saturated rings. The second-order valence-corrected chi connectivity index (χ2v) is 5.31. The molecule has 0 aliphatic carbocycles. The van der Waals surface area contributed by atoms with Crippen LogP contribution in [0.4, 0.5) is 0 Å². The molecular formula is C16H32N2O2. The number of nitrogens with zero attached hydrogens (tertiary/aromatic N) is 1. The van der Waals surface area contributed by atoms with Crippen LogP contribution >= 0.6 is 0 Å². The van der Waals surface area contributed by atoms with E-state index in [9.17, 15) is 4.79 Å². The van der Waals surface area contributed by atoms with Gasteiger partial charge in [0.2, 0.25) is 5.91 Å². The Morgan fingerprint density at radius 2 is 1.80 bits per heavy atom. The number of aliphatic hydroxyl groups excluding tert-OH is 1. The third-order valence-corrected chi connectivity index (χ3v) is 3.20. The van der Waals surface area contributed by atoms with E-state index in [0.717, 1.165) is 38.6 Å². The van der Waals surface area contributed by atoms with Gasteiger partial charge in [-0.3, -0.25) is 9.69 Å². The highest BCUT2D eigenvalue weighted by molar-refractivity contribution is 5.87. The Morgan fingerprint density at radius 3 is 2.45 bits per heavy atom. The summed E-state index contributed by atoms with van der Waals surface area (Å²) in [5, 5.41) is 11.6. The molecule has 4 nitrogen and oxygen atoms in total. The number of carbonyl (C=O) groups is 1. The lowest BCUT2D eigenvalue weighted by Crippen LogP contribution is -2.34. The summed E-state index contributed by atoms with van der Waals surface area (Å²) in [4.78, 5) is 13.6. The quantitative estimate of drug-likeness (QED) is 0.310. The maximum Gasteiger partial charge on any atom is 0.244 e. The minimum absolute atomic E-state index is 0.00527. The Bertz CT molecular complexity index is 255. The number of amides is 1. The van der Waals surface area contributed by atoms with Crippen LogP contribution in [0.1, 0.15) is 58.3 Å². The van der Waals surface area contributed by atoms with Crippen molar-refractivity contribution < 1.29 is 9.90 Å². The first-order chi connectivity index (χ1) is 9.70. The first-order valence-electron chi connectivity index (χ1n) is 7.94. The van der Waals surface area contributed by atoms with Crippen molar-refractivity contribution in [1.82, 2.24) is 10.2 Å². The fourth-order valence-electron chi connectivity index (χ4n) is 1.91. The zero-order chi connectivity index (χ0) is 15.1. The minimum Gasteiger partial charge on any atom is -0.396 e. The predicted octanol–water partition coefficient (Wildman–Crippen LogP) is 2.68. The molecule has 0 spiro atoms. The molecule has 0 aromatic heterocycles. The van der Waals surface area contributed by atoms with Crippen molar-refractivity contribution in [3.8, 4) is 0 Å². The molecule has 0 atom stereocenters. The van der Waals surface area contributed by atoms with Gasteiger partial charge in [0, 0.05) is 6.61 Å². The van der Waals surface area contributed by atoms with Crippen LogP contribution in [0, 0.1) is 0 Å². The molecule has 20 heavy (non-hydrogen) atoms. The molecule has 0 aliphatic heterocycles. The Balaban J connectivity index is 3.40. The summed E-state index contributed by atoms with van der Waals surface area (Å²) in [6.45, 7) is 4.04. The van der Waals surface area contributed by atoms with Crippen LogP contribution in [0.2, 0.25) is 0 Å². The molecule has 0 saturated carbocycles. The topological polar surface area (TPSA) is 52.6 Å². The number of nitrogens with one attached hydrogen (secondary N) is 1. The van der Waals surface area contributed by atoms with Crippen LogP contribution in [0.3, 0.4) is 0 Å². The van der Waals surface area contributed by atoms with Crippen LogP contribution in [-0.2, 0) is 4.79 Å². The molecule has 0 aromatic rings. The van der Waals surface area contributed by atoms with Gasteiger partial charge in [0.25, 0.3) is 0 Å². The number of unbranched alkanes of at least 4 members (excludes halogenated alkanes) is 6. The first kappa shape index (κ1) is 19.1. The summed E-state index contributed by atoms with van der Waals surface area (Å²) in [5.41, 5.74) is 0. The van der Waals surface area contributed by atoms with Gasteiger partial charge < -0.3 is 10.4 Å². The zero-order valence-corrected chi connectivity index (χ0v) is 13.2. The van der Waals surface area contributed by atoms with E-state index in [4.69, 9.17) is 5.11 Å². The molecule has 4 heteroatoms. The van der Waals surface area contributed by atoms with Gasteiger partial charge in [0.15, 0.2) is 0 Å². The van der Waals surface area contributed by atoms with E-state index in [-0.39, 0.29) is 5.91 Å². The van der Waals surface area contributed by atoms with Crippen molar-refractivity contribution >= 4 is 5.91 Å². The van der Waals surface area contributed by atoms with Crippen molar-refractivity contribution in [3.05, 3.63) is 12.2 Å². The lowest BCUT2D eigenvalue weighted by molar-refractivity contribution is -0.117. The summed E-state index contributed by atoms with van der Waals surface area (Å²) in [7, 11) is 2.03. The number of carbonyl (C=O) groups excluding carboxylic acids is 1. The summed E-state index contributed by atoms with van der Waals surface area (Å²) < 4.78 is 0. The van der Waals surface area contributed by atoms with Gasteiger partial charge in [0.1, 0.15) is 0 Å². The number of hydrogen-bond donors (Lipinski definition) is 2. The average Bonchev–Trinajstić information content (AvgIpc) is 2.44.